The van der Waals surface area contributed by atoms with Gasteiger partial charge in [-0.15, -0.1) is 0 Å². The largest absolute Gasteiger partial charge is 0.444 e. The van der Waals surface area contributed by atoms with Crippen molar-refractivity contribution in [2.24, 2.45) is 0 Å². The summed E-state index contributed by atoms with van der Waals surface area (Å²) in [7, 11) is 0. The van der Waals surface area contributed by atoms with Crippen LogP contribution in [0.1, 0.15) is 63.8 Å². The predicted octanol–water partition coefficient (Wildman–Crippen LogP) is 3.95. The normalized spacial score (nSPS) is 16.5. The molecule has 134 valence electrons. The number of anilines is 1. The quantitative estimate of drug-likeness (QED) is 0.894. The molecular weight excluding hydrogens is 314 g/mol. The summed E-state index contributed by atoms with van der Waals surface area (Å²) in [5.41, 5.74) is 2.10. The number of oxazole rings is 1. The van der Waals surface area contributed by atoms with E-state index < -0.39 is 0 Å². The number of rotatable bonds is 5. The van der Waals surface area contributed by atoms with Gasteiger partial charge in [0.05, 0.1) is 12.7 Å². The molecule has 1 fully saturated rings. The topological polar surface area (TPSA) is 58.4 Å². The second-order valence-corrected chi connectivity index (χ2v) is 7.71. The van der Waals surface area contributed by atoms with E-state index in [9.17, 15) is 4.79 Å². The van der Waals surface area contributed by atoms with Crippen molar-refractivity contribution in [3.05, 3.63) is 47.7 Å². The molecule has 1 aromatic carbocycles. The molecule has 25 heavy (non-hydrogen) atoms. The molecule has 1 unspecified atom stereocenters. The fourth-order valence-corrected chi connectivity index (χ4v) is 2.98. The van der Waals surface area contributed by atoms with Crippen LogP contribution in [0.3, 0.4) is 0 Å². The van der Waals surface area contributed by atoms with Crippen molar-refractivity contribution in [3.8, 4) is 0 Å². The Bertz CT molecular complexity index is 745. The van der Waals surface area contributed by atoms with E-state index in [2.05, 4.69) is 50.1 Å². The van der Waals surface area contributed by atoms with E-state index in [4.69, 9.17) is 4.42 Å². The molecule has 1 aliphatic rings. The molecule has 2 heterocycles. The maximum atomic E-state index is 11.9. The van der Waals surface area contributed by atoms with E-state index in [1.54, 1.807) is 6.20 Å². The highest BCUT2D eigenvalue weighted by Gasteiger charge is 2.22. The Hall–Kier alpha value is -2.14. The summed E-state index contributed by atoms with van der Waals surface area (Å²) in [6, 6.07) is 8.33. The Morgan fingerprint density at radius 1 is 1.36 bits per heavy atom. The molecule has 0 radical (unpaired) electrons. The third-order valence-electron chi connectivity index (χ3n) is 4.61. The van der Waals surface area contributed by atoms with Crippen LogP contribution in [0.25, 0.3) is 0 Å². The number of hydrogen-bond acceptors (Lipinski definition) is 4. The number of hydrogen-bond donors (Lipinski definition) is 1. The summed E-state index contributed by atoms with van der Waals surface area (Å²) < 4.78 is 5.83. The second-order valence-electron chi connectivity index (χ2n) is 7.71. The smallest absolute Gasteiger partial charge is 0.227 e. The summed E-state index contributed by atoms with van der Waals surface area (Å²) in [4.78, 5) is 18.2. The molecule has 5 nitrogen and oxygen atoms in total. The maximum Gasteiger partial charge on any atom is 0.227 e. The summed E-state index contributed by atoms with van der Waals surface area (Å²) in [5, 5.41) is 3.45. The average Bonchev–Trinajstić information content (AvgIpc) is 3.21. The Morgan fingerprint density at radius 2 is 2.16 bits per heavy atom. The van der Waals surface area contributed by atoms with Gasteiger partial charge in [0.15, 0.2) is 0 Å². The van der Waals surface area contributed by atoms with Crippen LogP contribution in [0, 0.1) is 0 Å². The Morgan fingerprint density at radius 3 is 2.80 bits per heavy atom. The lowest BCUT2D eigenvalue weighted by atomic mass is 9.94. The van der Waals surface area contributed by atoms with Gasteiger partial charge in [-0.1, -0.05) is 32.9 Å². The molecule has 5 heteroatoms. The first-order valence-electron chi connectivity index (χ1n) is 8.93. The zero-order valence-corrected chi connectivity index (χ0v) is 15.5. The summed E-state index contributed by atoms with van der Waals surface area (Å²) in [6.45, 7) is 9.83. The van der Waals surface area contributed by atoms with Gasteiger partial charge in [0.1, 0.15) is 5.76 Å². The fraction of sp³-hybridized carbons (Fsp3) is 0.500. The molecule has 0 bridgehead atoms. The summed E-state index contributed by atoms with van der Waals surface area (Å²) in [5.74, 6) is 1.81. The van der Waals surface area contributed by atoms with Gasteiger partial charge in [-0.2, -0.15) is 0 Å². The lowest BCUT2D eigenvalue weighted by Gasteiger charge is -2.19. The highest BCUT2D eigenvalue weighted by atomic mass is 16.4. The minimum atomic E-state index is -0.0343. The Labute approximate surface area is 149 Å². The predicted molar refractivity (Wildman–Crippen MR) is 98.5 cm³/mol. The van der Waals surface area contributed by atoms with Crippen LogP contribution in [-0.4, -0.2) is 17.4 Å². The molecule has 0 aliphatic carbocycles. The number of nitrogens with one attached hydrogen (secondary N) is 1. The monoisotopic (exact) mass is 341 g/mol. The van der Waals surface area contributed by atoms with E-state index in [-0.39, 0.29) is 17.4 Å². The maximum absolute atomic E-state index is 11.9. The number of carbonyl (C=O) groups is 1. The minimum Gasteiger partial charge on any atom is -0.444 e. The summed E-state index contributed by atoms with van der Waals surface area (Å²) >= 11 is 0. The molecule has 1 saturated heterocycles. The zero-order valence-electron chi connectivity index (χ0n) is 15.5. The zero-order chi connectivity index (χ0) is 18.0. The van der Waals surface area contributed by atoms with Crippen LogP contribution in [0.2, 0.25) is 0 Å². The third kappa shape index (κ3) is 4.10. The molecule has 1 N–H and O–H groups in total. The standard InChI is InChI=1S/C20H27N3O2/c1-14(21-13-18-22-12-17(25-18)20(2,3)4)15-7-5-8-16(11-15)23-10-6-9-19(23)24/h5,7-8,11-12,14,21H,6,9-10,13H2,1-4H3. The lowest BCUT2D eigenvalue weighted by molar-refractivity contribution is -0.117. The van der Waals surface area contributed by atoms with Gasteiger partial charge in [0.25, 0.3) is 0 Å². The van der Waals surface area contributed by atoms with Gasteiger partial charge in [0, 0.05) is 30.1 Å². The summed E-state index contributed by atoms with van der Waals surface area (Å²) in [6.07, 6.45) is 3.40. The Balaban J connectivity index is 1.64. The first-order chi connectivity index (χ1) is 11.8. The van der Waals surface area contributed by atoms with E-state index in [0.29, 0.717) is 18.9 Å². The van der Waals surface area contributed by atoms with Crippen LogP contribution in [0.15, 0.2) is 34.9 Å². The second kappa shape index (κ2) is 7.00. The number of aromatic nitrogens is 1. The van der Waals surface area contributed by atoms with E-state index in [1.165, 1.54) is 0 Å². The van der Waals surface area contributed by atoms with Crippen molar-refractivity contribution < 1.29 is 9.21 Å². The number of amides is 1. The number of benzene rings is 1. The molecule has 1 aliphatic heterocycles. The van der Waals surface area contributed by atoms with E-state index >= 15 is 0 Å². The molecule has 1 amide bonds. The van der Waals surface area contributed by atoms with Crippen molar-refractivity contribution in [1.82, 2.24) is 10.3 Å². The highest BCUT2D eigenvalue weighted by molar-refractivity contribution is 5.95. The molecule has 1 aromatic heterocycles. The van der Waals surface area contributed by atoms with Gasteiger partial charge in [-0.3, -0.25) is 4.79 Å². The minimum absolute atomic E-state index is 0.0343. The molecular formula is C20H27N3O2. The Kier molecular flexibility index (Phi) is 4.95. The van der Waals surface area contributed by atoms with Crippen LogP contribution in [-0.2, 0) is 16.8 Å². The van der Waals surface area contributed by atoms with Gasteiger partial charge < -0.3 is 14.6 Å². The molecule has 3 rings (SSSR count). The number of nitrogens with zero attached hydrogens (tertiary/aromatic N) is 2. The first-order valence-corrected chi connectivity index (χ1v) is 8.93. The van der Waals surface area contributed by atoms with Crippen molar-refractivity contribution in [1.29, 1.82) is 0 Å². The van der Waals surface area contributed by atoms with E-state index in [1.807, 2.05) is 17.0 Å². The van der Waals surface area contributed by atoms with Crippen LogP contribution < -0.4 is 10.2 Å². The highest BCUT2D eigenvalue weighted by Crippen LogP contribution is 2.25. The molecule has 2 aromatic rings. The van der Waals surface area contributed by atoms with Crippen LogP contribution in [0.5, 0.6) is 0 Å². The average molecular weight is 341 g/mol. The van der Waals surface area contributed by atoms with Crippen LogP contribution in [0.4, 0.5) is 5.69 Å². The van der Waals surface area contributed by atoms with Gasteiger partial charge in [0.2, 0.25) is 11.8 Å². The molecule has 0 saturated carbocycles. The van der Waals surface area contributed by atoms with Crippen LogP contribution >= 0.6 is 0 Å². The third-order valence-corrected chi connectivity index (χ3v) is 4.61. The van der Waals surface area contributed by atoms with Crippen molar-refractivity contribution in [2.75, 3.05) is 11.4 Å². The van der Waals surface area contributed by atoms with Gasteiger partial charge in [-0.25, -0.2) is 4.98 Å². The fourth-order valence-electron chi connectivity index (χ4n) is 2.98. The first kappa shape index (κ1) is 17.7. The van der Waals surface area contributed by atoms with Gasteiger partial charge in [-0.05, 0) is 31.0 Å². The SMILES string of the molecule is CC(NCc1ncc(C(C)(C)C)o1)c1cccc(N2CCCC2=O)c1. The van der Waals surface area contributed by atoms with Crippen molar-refractivity contribution in [2.45, 2.75) is 58.5 Å². The van der Waals surface area contributed by atoms with Crippen molar-refractivity contribution in [3.63, 3.8) is 0 Å². The number of carbonyl (C=O) groups excluding carboxylic acids is 1. The van der Waals surface area contributed by atoms with E-state index in [0.717, 1.165) is 30.0 Å². The molecule has 0 spiro atoms. The van der Waals surface area contributed by atoms with Crippen molar-refractivity contribution >= 4 is 11.6 Å². The lowest BCUT2D eigenvalue weighted by Crippen LogP contribution is -2.24. The van der Waals surface area contributed by atoms with Gasteiger partial charge >= 0.3 is 0 Å². The molecule has 1 atom stereocenters.